The molecule has 0 atom stereocenters. The molecule has 0 N–H and O–H groups in total. The Morgan fingerprint density at radius 2 is 1.80 bits per heavy atom. The highest BCUT2D eigenvalue weighted by Crippen LogP contribution is 2.33. The lowest BCUT2D eigenvalue weighted by atomic mass is 9.88. The lowest BCUT2D eigenvalue weighted by molar-refractivity contribution is 0.493. The molecule has 1 aliphatic rings. The van der Waals surface area contributed by atoms with E-state index in [2.05, 4.69) is 22.1 Å². The maximum absolute atomic E-state index is 10.5. The van der Waals surface area contributed by atoms with Crippen LogP contribution in [0.25, 0.3) is 0 Å². The van der Waals surface area contributed by atoms with E-state index in [0.717, 1.165) is 17.6 Å². The van der Waals surface area contributed by atoms with E-state index in [9.17, 15) is 9.59 Å². The average molecular weight is 266 g/mol. The summed E-state index contributed by atoms with van der Waals surface area (Å²) in [5.74, 6) is 0. The molecule has 0 amide bonds. The largest absolute Gasteiger partial charge is 0.237 e. The van der Waals surface area contributed by atoms with Crippen LogP contribution in [0.15, 0.2) is 63.6 Å². The Morgan fingerprint density at radius 1 is 1.15 bits per heavy atom. The van der Waals surface area contributed by atoms with Gasteiger partial charge in [-0.3, -0.25) is 0 Å². The number of benzene rings is 1. The second-order valence-electron chi connectivity index (χ2n) is 4.70. The first-order chi connectivity index (χ1) is 9.70. The molecule has 0 saturated heterocycles. The normalized spacial score (nSPS) is 21.1. The number of carbonyl (C=O) groups excluding carboxylic acids is 2. The minimum atomic E-state index is -1.15. The second kappa shape index (κ2) is 6.07. The zero-order valence-corrected chi connectivity index (χ0v) is 11.2. The summed E-state index contributed by atoms with van der Waals surface area (Å²) in [6, 6.07) is 10.1. The highest BCUT2D eigenvalue weighted by atomic mass is 16.1. The van der Waals surface area contributed by atoms with Crippen LogP contribution in [0.3, 0.4) is 0 Å². The maximum atomic E-state index is 10.5. The zero-order chi connectivity index (χ0) is 14.4. The van der Waals surface area contributed by atoms with Gasteiger partial charge in [-0.25, -0.2) is 9.59 Å². The van der Waals surface area contributed by atoms with Crippen molar-refractivity contribution in [1.29, 1.82) is 0 Å². The number of isocyanates is 2. The van der Waals surface area contributed by atoms with Gasteiger partial charge in [0.25, 0.3) is 0 Å². The van der Waals surface area contributed by atoms with E-state index in [4.69, 9.17) is 0 Å². The Morgan fingerprint density at radius 3 is 2.35 bits per heavy atom. The molecule has 0 fully saturated rings. The van der Waals surface area contributed by atoms with Gasteiger partial charge in [-0.2, -0.15) is 9.98 Å². The minimum absolute atomic E-state index is 0.377. The van der Waals surface area contributed by atoms with Crippen LogP contribution in [0, 0.1) is 0 Å². The van der Waals surface area contributed by atoms with Gasteiger partial charge in [0.2, 0.25) is 12.2 Å². The fraction of sp³-hybridized carbons (Fsp3) is 0.250. The zero-order valence-electron chi connectivity index (χ0n) is 11.2. The molecule has 4 nitrogen and oxygen atoms in total. The fourth-order valence-electron chi connectivity index (χ4n) is 2.29. The SMILES string of the molecule is CC1=CC(Cc2ccccc2)=CCC1(N=C=O)N=C=O. The Kier molecular flexibility index (Phi) is 4.21. The summed E-state index contributed by atoms with van der Waals surface area (Å²) in [5.41, 5.74) is 1.92. The van der Waals surface area contributed by atoms with E-state index in [0.29, 0.717) is 6.42 Å². The quantitative estimate of drug-likeness (QED) is 0.621. The molecular formula is C16H14N2O2. The first-order valence-corrected chi connectivity index (χ1v) is 6.30. The monoisotopic (exact) mass is 266 g/mol. The van der Waals surface area contributed by atoms with Gasteiger partial charge in [0, 0.05) is 6.42 Å². The molecule has 0 aromatic heterocycles. The number of aliphatic imine (C=N–C) groups is 2. The predicted molar refractivity (Wildman–Crippen MR) is 75.6 cm³/mol. The van der Waals surface area contributed by atoms with Crippen molar-refractivity contribution in [2.75, 3.05) is 0 Å². The molecule has 0 bridgehead atoms. The molecule has 4 heteroatoms. The lowest BCUT2D eigenvalue weighted by Crippen LogP contribution is -2.27. The Bertz CT molecular complexity index is 628. The minimum Gasteiger partial charge on any atom is -0.211 e. The van der Waals surface area contributed by atoms with Gasteiger partial charge < -0.3 is 0 Å². The van der Waals surface area contributed by atoms with Crippen LogP contribution < -0.4 is 0 Å². The van der Waals surface area contributed by atoms with Gasteiger partial charge in [0.05, 0.1) is 0 Å². The van der Waals surface area contributed by atoms with Crippen LogP contribution in [-0.2, 0) is 16.0 Å². The van der Waals surface area contributed by atoms with Crippen molar-refractivity contribution >= 4 is 12.2 Å². The predicted octanol–water partition coefficient (Wildman–Crippen LogP) is 2.87. The molecule has 0 radical (unpaired) electrons. The molecule has 1 aromatic carbocycles. The summed E-state index contributed by atoms with van der Waals surface area (Å²) in [7, 11) is 0. The first kappa shape index (κ1) is 13.9. The van der Waals surface area contributed by atoms with Crippen molar-refractivity contribution in [3.05, 3.63) is 59.2 Å². The molecule has 100 valence electrons. The summed E-state index contributed by atoms with van der Waals surface area (Å²) in [5, 5.41) is 0. The van der Waals surface area contributed by atoms with Crippen LogP contribution in [0.4, 0.5) is 0 Å². The molecule has 1 aromatic rings. The number of allylic oxidation sites excluding steroid dienone is 2. The Balaban J connectivity index is 2.25. The van der Waals surface area contributed by atoms with E-state index >= 15 is 0 Å². The lowest BCUT2D eigenvalue weighted by Gasteiger charge is -2.26. The van der Waals surface area contributed by atoms with Gasteiger partial charge in [-0.05, 0) is 30.1 Å². The summed E-state index contributed by atoms with van der Waals surface area (Å²) < 4.78 is 0. The van der Waals surface area contributed by atoms with Gasteiger partial charge in [0.15, 0.2) is 5.66 Å². The molecule has 0 unspecified atom stereocenters. The van der Waals surface area contributed by atoms with Crippen LogP contribution in [0.1, 0.15) is 18.9 Å². The molecule has 2 rings (SSSR count). The van der Waals surface area contributed by atoms with Crippen molar-refractivity contribution in [2.45, 2.75) is 25.4 Å². The number of hydrogen-bond acceptors (Lipinski definition) is 4. The topological polar surface area (TPSA) is 58.9 Å². The van der Waals surface area contributed by atoms with Gasteiger partial charge in [-0.15, -0.1) is 0 Å². The Labute approximate surface area is 117 Å². The number of hydrogen-bond donors (Lipinski definition) is 0. The molecule has 0 spiro atoms. The van der Waals surface area contributed by atoms with Crippen LogP contribution in [-0.4, -0.2) is 17.8 Å². The van der Waals surface area contributed by atoms with Crippen molar-refractivity contribution in [3.8, 4) is 0 Å². The first-order valence-electron chi connectivity index (χ1n) is 6.30. The molecule has 20 heavy (non-hydrogen) atoms. The van der Waals surface area contributed by atoms with Crippen molar-refractivity contribution in [1.82, 2.24) is 0 Å². The molecule has 1 aliphatic carbocycles. The number of nitrogens with zero attached hydrogens (tertiary/aromatic N) is 2. The molecule has 0 aliphatic heterocycles. The standard InChI is InChI=1S/C16H14N2O2/c1-13-9-15(10-14-5-3-2-4-6-14)7-8-16(13,17-11-19)18-12-20/h2-7,9H,8,10H2,1H3. The third kappa shape index (κ3) is 2.89. The van der Waals surface area contributed by atoms with E-state index in [1.54, 1.807) is 6.92 Å². The van der Waals surface area contributed by atoms with E-state index < -0.39 is 5.66 Å². The van der Waals surface area contributed by atoms with E-state index in [1.165, 1.54) is 17.7 Å². The third-order valence-corrected chi connectivity index (χ3v) is 3.39. The van der Waals surface area contributed by atoms with Gasteiger partial charge >= 0.3 is 0 Å². The third-order valence-electron chi connectivity index (χ3n) is 3.39. The average Bonchev–Trinajstić information content (AvgIpc) is 2.45. The van der Waals surface area contributed by atoms with E-state index in [-0.39, 0.29) is 0 Å². The fourth-order valence-corrected chi connectivity index (χ4v) is 2.29. The summed E-state index contributed by atoms with van der Waals surface area (Å²) >= 11 is 0. The van der Waals surface area contributed by atoms with Gasteiger partial charge in [-0.1, -0.05) is 42.5 Å². The molecular weight excluding hydrogens is 252 g/mol. The Hall–Kier alpha value is -2.54. The van der Waals surface area contributed by atoms with Crippen LogP contribution in [0.2, 0.25) is 0 Å². The smallest absolute Gasteiger partial charge is 0.211 e. The summed E-state index contributed by atoms with van der Waals surface area (Å²) in [6.07, 6.45) is 8.01. The molecule has 0 heterocycles. The molecule has 0 saturated carbocycles. The van der Waals surface area contributed by atoms with Crippen molar-refractivity contribution in [2.24, 2.45) is 9.98 Å². The summed E-state index contributed by atoms with van der Waals surface area (Å²) in [4.78, 5) is 28.4. The van der Waals surface area contributed by atoms with E-state index in [1.807, 2.05) is 30.4 Å². The van der Waals surface area contributed by atoms with Crippen LogP contribution >= 0.6 is 0 Å². The highest BCUT2D eigenvalue weighted by molar-refractivity contribution is 5.47. The van der Waals surface area contributed by atoms with Gasteiger partial charge in [0.1, 0.15) is 0 Å². The number of rotatable bonds is 4. The second-order valence-corrected chi connectivity index (χ2v) is 4.70. The van der Waals surface area contributed by atoms with Crippen LogP contribution in [0.5, 0.6) is 0 Å². The maximum Gasteiger partial charge on any atom is 0.237 e. The highest BCUT2D eigenvalue weighted by Gasteiger charge is 2.33. The van der Waals surface area contributed by atoms with Crippen molar-refractivity contribution in [3.63, 3.8) is 0 Å². The van der Waals surface area contributed by atoms with Crippen molar-refractivity contribution < 1.29 is 9.59 Å². The summed E-state index contributed by atoms with van der Waals surface area (Å²) in [6.45, 7) is 1.81.